The number of nitriles is 1. The van der Waals surface area contributed by atoms with Gasteiger partial charge in [0.15, 0.2) is 0 Å². The van der Waals surface area contributed by atoms with Crippen molar-refractivity contribution >= 4 is 0 Å². The Morgan fingerprint density at radius 2 is 1.57 bits per heavy atom. The number of hydrogen-bond acceptors (Lipinski definition) is 1. The van der Waals surface area contributed by atoms with Crippen LogP contribution < -0.4 is 0 Å². The summed E-state index contributed by atoms with van der Waals surface area (Å²) in [4.78, 5) is 0. The number of nitrogens with zero attached hydrogens (tertiary/aromatic N) is 1. The lowest BCUT2D eigenvalue weighted by Crippen LogP contribution is -2.14. The maximum atomic E-state index is 12.4. The van der Waals surface area contributed by atoms with Gasteiger partial charge in [0.1, 0.15) is 0 Å². The van der Waals surface area contributed by atoms with Gasteiger partial charge >= 0.3 is 12.4 Å². The van der Waals surface area contributed by atoms with E-state index in [4.69, 9.17) is 5.26 Å². The molecule has 0 fully saturated rings. The van der Waals surface area contributed by atoms with Crippen molar-refractivity contribution in [2.45, 2.75) is 38.0 Å². The Bertz CT molecular complexity index is 494. The van der Waals surface area contributed by atoms with Gasteiger partial charge in [0.25, 0.3) is 0 Å². The summed E-state index contributed by atoms with van der Waals surface area (Å²) in [6, 6.07) is 5.93. The monoisotopic (exact) mass is 309 g/mol. The van der Waals surface area contributed by atoms with E-state index in [0.29, 0.717) is 5.56 Å². The average molecular weight is 309 g/mol. The Hall–Kier alpha value is -1.71. The molecule has 0 bridgehead atoms. The third-order valence-electron chi connectivity index (χ3n) is 3.27. The van der Waals surface area contributed by atoms with Crippen LogP contribution >= 0.6 is 0 Å². The highest BCUT2D eigenvalue weighted by atomic mass is 19.4. The van der Waals surface area contributed by atoms with Crippen LogP contribution in [0.1, 0.15) is 36.8 Å². The fourth-order valence-electron chi connectivity index (χ4n) is 1.95. The lowest BCUT2D eigenvalue weighted by Gasteiger charge is -2.19. The number of benzene rings is 1. The van der Waals surface area contributed by atoms with Crippen LogP contribution in [0.15, 0.2) is 24.3 Å². The van der Waals surface area contributed by atoms with Crippen LogP contribution in [0.2, 0.25) is 0 Å². The van der Waals surface area contributed by atoms with E-state index in [9.17, 15) is 26.3 Å². The van der Waals surface area contributed by atoms with Gasteiger partial charge in [0, 0.05) is 6.42 Å². The minimum atomic E-state index is -4.47. The molecule has 1 aromatic rings. The molecule has 1 aromatic carbocycles. The zero-order valence-electron chi connectivity index (χ0n) is 11.1. The Kier molecular flexibility index (Phi) is 5.26. The molecule has 0 aliphatic carbocycles. The summed E-state index contributed by atoms with van der Waals surface area (Å²) in [6.45, 7) is 1.53. The zero-order chi connectivity index (χ0) is 16.3. The summed E-state index contributed by atoms with van der Waals surface area (Å²) in [5.74, 6) is -1.47. The van der Waals surface area contributed by atoms with Crippen LogP contribution in [0.4, 0.5) is 26.3 Å². The van der Waals surface area contributed by atoms with Crippen LogP contribution in [-0.4, -0.2) is 6.18 Å². The lowest BCUT2D eigenvalue weighted by molar-refractivity contribution is -0.138. The van der Waals surface area contributed by atoms with Crippen LogP contribution in [0.25, 0.3) is 0 Å². The molecule has 0 saturated carbocycles. The highest BCUT2D eigenvalue weighted by Crippen LogP contribution is 2.34. The van der Waals surface area contributed by atoms with Crippen LogP contribution in [0, 0.1) is 17.2 Å². The van der Waals surface area contributed by atoms with Crippen molar-refractivity contribution < 1.29 is 26.3 Å². The number of alkyl halides is 6. The SMILES string of the molecule is CC(c1ccc(C(F)(F)F)cc1)C(C#N)CCC(F)(F)F. The molecule has 7 heteroatoms. The normalized spacial score (nSPS) is 15.3. The molecule has 116 valence electrons. The molecule has 2 atom stereocenters. The molecule has 0 aliphatic rings. The van der Waals surface area contributed by atoms with Gasteiger partial charge in [-0.1, -0.05) is 19.1 Å². The fourth-order valence-corrected chi connectivity index (χ4v) is 1.95. The predicted molar refractivity (Wildman–Crippen MR) is 64.3 cm³/mol. The first-order chi connectivity index (χ1) is 9.54. The molecule has 0 N–H and O–H groups in total. The van der Waals surface area contributed by atoms with Crippen molar-refractivity contribution in [1.29, 1.82) is 5.26 Å². The number of hydrogen-bond donors (Lipinski definition) is 0. The smallest absolute Gasteiger partial charge is 0.198 e. The Morgan fingerprint density at radius 3 is 1.95 bits per heavy atom. The second-order valence-electron chi connectivity index (χ2n) is 4.80. The van der Waals surface area contributed by atoms with E-state index in [2.05, 4.69) is 0 Å². The topological polar surface area (TPSA) is 23.8 Å². The van der Waals surface area contributed by atoms with E-state index < -0.39 is 36.2 Å². The average Bonchev–Trinajstić information content (AvgIpc) is 2.37. The summed E-state index contributed by atoms with van der Waals surface area (Å²) in [5, 5.41) is 8.94. The summed E-state index contributed by atoms with van der Waals surface area (Å²) in [6.07, 6.45) is -10.3. The number of rotatable bonds is 4. The maximum absolute atomic E-state index is 12.4. The van der Waals surface area contributed by atoms with Crippen molar-refractivity contribution in [3.8, 4) is 6.07 Å². The van der Waals surface area contributed by atoms with Crippen molar-refractivity contribution in [2.24, 2.45) is 5.92 Å². The molecule has 1 rings (SSSR count). The van der Waals surface area contributed by atoms with E-state index in [0.717, 1.165) is 12.1 Å². The summed E-state index contributed by atoms with van der Waals surface area (Å²) >= 11 is 0. The van der Waals surface area contributed by atoms with Crippen molar-refractivity contribution in [1.82, 2.24) is 0 Å². The highest BCUT2D eigenvalue weighted by molar-refractivity contribution is 5.28. The molecule has 1 nitrogen and oxygen atoms in total. The minimum absolute atomic E-state index is 0.373. The Balaban J connectivity index is 2.81. The first-order valence-electron chi connectivity index (χ1n) is 6.18. The molecule has 2 unspecified atom stereocenters. The minimum Gasteiger partial charge on any atom is -0.198 e. The maximum Gasteiger partial charge on any atom is 0.416 e. The van der Waals surface area contributed by atoms with Gasteiger partial charge in [-0.05, 0) is 30.0 Å². The number of halogens is 6. The van der Waals surface area contributed by atoms with Crippen molar-refractivity contribution in [3.05, 3.63) is 35.4 Å². The molecule has 0 heterocycles. The summed E-state index contributed by atoms with van der Waals surface area (Å²) in [5.41, 5.74) is -0.418. The standard InChI is InChI=1S/C14H13F6N/c1-9(11(8-21)6-7-13(15,16)17)10-2-4-12(5-3-10)14(18,19)20/h2-5,9,11H,6-7H2,1H3. The molecule has 0 spiro atoms. The van der Waals surface area contributed by atoms with Gasteiger partial charge in [-0.3, -0.25) is 0 Å². The fraction of sp³-hybridized carbons (Fsp3) is 0.500. The van der Waals surface area contributed by atoms with Crippen LogP contribution in [0.3, 0.4) is 0 Å². The summed E-state index contributed by atoms with van der Waals surface area (Å²) < 4.78 is 73.8. The van der Waals surface area contributed by atoms with Gasteiger partial charge in [-0.15, -0.1) is 0 Å². The van der Waals surface area contributed by atoms with Gasteiger partial charge < -0.3 is 0 Å². The molecule has 21 heavy (non-hydrogen) atoms. The second kappa shape index (κ2) is 6.37. The van der Waals surface area contributed by atoms with Gasteiger partial charge in [-0.25, -0.2) is 0 Å². The third-order valence-corrected chi connectivity index (χ3v) is 3.27. The predicted octanol–water partition coefficient (Wildman–Crippen LogP) is 5.29. The van der Waals surface area contributed by atoms with Crippen molar-refractivity contribution in [3.63, 3.8) is 0 Å². The molecular formula is C14H13F6N. The van der Waals surface area contributed by atoms with Crippen LogP contribution in [-0.2, 0) is 6.18 Å². The molecule has 0 aliphatic heterocycles. The lowest BCUT2D eigenvalue weighted by atomic mass is 9.85. The molecule has 0 aromatic heterocycles. The van der Waals surface area contributed by atoms with E-state index >= 15 is 0 Å². The molecule has 0 amide bonds. The Morgan fingerprint density at radius 1 is 1.05 bits per heavy atom. The first-order valence-corrected chi connectivity index (χ1v) is 6.18. The Labute approximate surface area is 118 Å². The zero-order valence-corrected chi connectivity index (χ0v) is 11.1. The molecular weight excluding hydrogens is 296 g/mol. The van der Waals surface area contributed by atoms with Gasteiger partial charge in [-0.2, -0.15) is 31.6 Å². The van der Waals surface area contributed by atoms with Crippen LogP contribution in [0.5, 0.6) is 0 Å². The van der Waals surface area contributed by atoms with E-state index in [1.165, 1.54) is 19.1 Å². The second-order valence-corrected chi connectivity index (χ2v) is 4.80. The van der Waals surface area contributed by atoms with Crippen molar-refractivity contribution in [2.75, 3.05) is 0 Å². The molecule has 0 radical (unpaired) electrons. The van der Waals surface area contributed by atoms with Gasteiger partial charge in [0.05, 0.1) is 17.6 Å². The van der Waals surface area contributed by atoms with Gasteiger partial charge in [0.2, 0.25) is 0 Å². The third kappa shape index (κ3) is 5.29. The largest absolute Gasteiger partial charge is 0.416 e. The van der Waals surface area contributed by atoms with E-state index in [1.54, 1.807) is 6.07 Å². The quantitative estimate of drug-likeness (QED) is 0.693. The highest BCUT2D eigenvalue weighted by Gasteiger charge is 2.32. The molecule has 0 saturated heterocycles. The van der Waals surface area contributed by atoms with E-state index in [-0.39, 0.29) is 6.42 Å². The summed E-state index contributed by atoms with van der Waals surface area (Å²) in [7, 11) is 0. The first kappa shape index (κ1) is 17.3. The van der Waals surface area contributed by atoms with E-state index in [1.807, 2.05) is 0 Å².